The molecule has 27 heavy (non-hydrogen) atoms. The molecule has 1 unspecified atom stereocenters. The summed E-state index contributed by atoms with van der Waals surface area (Å²) in [5.41, 5.74) is 0. The van der Waals surface area contributed by atoms with E-state index in [-0.39, 0.29) is 0 Å². The van der Waals surface area contributed by atoms with Gasteiger partial charge in [0, 0.05) is 33.3 Å². The average molecular weight is 380 g/mol. The molecule has 0 spiro atoms. The van der Waals surface area contributed by atoms with Crippen LogP contribution in [0.4, 0.5) is 0 Å². The Morgan fingerprint density at radius 1 is 1.04 bits per heavy atom. The Balaban J connectivity index is 1.27. The van der Waals surface area contributed by atoms with Gasteiger partial charge in [-0.3, -0.25) is 4.99 Å². The van der Waals surface area contributed by atoms with Gasteiger partial charge in [-0.1, -0.05) is 32.1 Å². The van der Waals surface area contributed by atoms with Crippen LogP contribution in [0.5, 0.6) is 0 Å². The fourth-order valence-electron chi connectivity index (χ4n) is 4.82. The Morgan fingerprint density at radius 2 is 1.81 bits per heavy atom. The highest BCUT2D eigenvalue weighted by atomic mass is 16.5. The molecule has 1 saturated carbocycles. The smallest absolute Gasteiger partial charge is 0.193 e. The molecule has 5 nitrogen and oxygen atoms in total. The summed E-state index contributed by atoms with van der Waals surface area (Å²) in [6.45, 7) is 4.82. The highest BCUT2D eigenvalue weighted by molar-refractivity contribution is 5.79. The molecular weight excluding hydrogens is 338 g/mol. The number of aliphatic imine (C=N–C) groups is 1. The van der Waals surface area contributed by atoms with Crippen molar-refractivity contribution in [1.29, 1.82) is 0 Å². The van der Waals surface area contributed by atoms with Crippen LogP contribution < -0.4 is 5.32 Å². The Kier molecular flexibility index (Phi) is 9.22. The highest BCUT2D eigenvalue weighted by Crippen LogP contribution is 2.27. The quantitative estimate of drug-likeness (QED) is 0.413. The maximum atomic E-state index is 6.14. The predicted octanol–water partition coefficient (Wildman–Crippen LogP) is 3.97. The van der Waals surface area contributed by atoms with Crippen molar-refractivity contribution in [1.82, 2.24) is 10.2 Å². The van der Waals surface area contributed by atoms with E-state index in [0.717, 1.165) is 64.0 Å². The van der Waals surface area contributed by atoms with Crippen molar-refractivity contribution < 1.29 is 9.47 Å². The lowest BCUT2D eigenvalue weighted by Crippen LogP contribution is -2.47. The van der Waals surface area contributed by atoms with Gasteiger partial charge in [-0.2, -0.15) is 0 Å². The summed E-state index contributed by atoms with van der Waals surface area (Å²) >= 11 is 0. The zero-order valence-electron chi connectivity index (χ0n) is 17.5. The monoisotopic (exact) mass is 379 g/mol. The minimum atomic E-state index is 0.329. The molecule has 0 radical (unpaired) electrons. The first kappa shape index (κ1) is 20.9. The van der Waals surface area contributed by atoms with E-state index in [9.17, 15) is 0 Å². The van der Waals surface area contributed by atoms with Crippen molar-refractivity contribution >= 4 is 5.96 Å². The van der Waals surface area contributed by atoms with Gasteiger partial charge in [0.05, 0.1) is 18.8 Å². The Bertz CT molecular complexity index is 423. The molecule has 3 rings (SSSR count). The molecule has 5 heteroatoms. The molecule has 2 heterocycles. The first-order valence-corrected chi connectivity index (χ1v) is 11.5. The maximum Gasteiger partial charge on any atom is 0.193 e. The van der Waals surface area contributed by atoms with E-state index in [4.69, 9.17) is 9.47 Å². The lowest BCUT2D eigenvalue weighted by atomic mass is 9.86. The average Bonchev–Trinajstić information content (AvgIpc) is 2.74. The third-order valence-electron chi connectivity index (χ3n) is 6.54. The number of rotatable bonds is 7. The molecule has 0 aromatic carbocycles. The van der Waals surface area contributed by atoms with Gasteiger partial charge < -0.3 is 19.7 Å². The first-order chi connectivity index (χ1) is 13.3. The van der Waals surface area contributed by atoms with Crippen LogP contribution in [0, 0.1) is 5.92 Å². The van der Waals surface area contributed by atoms with E-state index in [0.29, 0.717) is 12.2 Å². The van der Waals surface area contributed by atoms with Gasteiger partial charge >= 0.3 is 0 Å². The number of ether oxygens (including phenoxy) is 2. The second-order valence-corrected chi connectivity index (χ2v) is 8.63. The molecule has 1 aliphatic carbocycles. The number of hydrogen-bond donors (Lipinski definition) is 1. The van der Waals surface area contributed by atoms with Crippen molar-refractivity contribution in [2.75, 3.05) is 39.9 Å². The molecule has 0 aromatic rings. The van der Waals surface area contributed by atoms with Crippen LogP contribution in [0.2, 0.25) is 0 Å². The lowest BCUT2D eigenvalue weighted by Gasteiger charge is -2.35. The number of hydrogen-bond acceptors (Lipinski definition) is 3. The molecule has 0 amide bonds. The fourth-order valence-corrected chi connectivity index (χ4v) is 4.82. The molecule has 156 valence electrons. The summed E-state index contributed by atoms with van der Waals surface area (Å²) < 4.78 is 11.9. The zero-order valence-corrected chi connectivity index (χ0v) is 17.5. The Morgan fingerprint density at radius 3 is 2.52 bits per heavy atom. The number of likely N-dealkylation sites (tertiary alicyclic amines) is 1. The zero-order chi connectivity index (χ0) is 18.7. The van der Waals surface area contributed by atoms with Crippen molar-refractivity contribution in [3.63, 3.8) is 0 Å². The van der Waals surface area contributed by atoms with E-state index in [1.165, 1.54) is 57.8 Å². The van der Waals surface area contributed by atoms with E-state index in [1.807, 2.05) is 7.05 Å². The molecule has 1 atom stereocenters. The van der Waals surface area contributed by atoms with E-state index < -0.39 is 0 Å². The summed E-state index contributed by atoms with van der Waals surface area (Å²) in [4.78, 5) is 6.91. The SMILES string of the molecule is CN=C(NCCCC1CCCCC1)N1CCC(OCC2CCCCO2)CC1. The molecule has 0 bridgehead atoms. The second-order valence-electron chi connectivity index (χ2n) is 8.63. The largest absolute Gasteiger partial charge is 0.376 e. The van der Waals surface area contributed by atoms with Gasteiger partial charge in [0.2, 0.25) is 0 Å². The molecule has 3 fully saturated rings. The van der Waals surface area contributed by atoms with Gasteiger partial charge in [0.1, 0.15) is 0 Å². The van der Waals surface area contributed by atoms with Crippen LogP contribution in [0.1, 0.15) is 77.0 Å². The van der Waals surface area contributed by atoms with Crippen molar-refractivity contribution in [3.8, 4) is 0 Å². The lowest BCUT2D eigenvalue weighted by molar-refractivity contribution is -0.0721. The van der Waals surface area contributed by atoms with Crippen LogP contribution in [0.3, 0.4) is 0 Å². The highest BCUT2D eigenvalue weighted by Gasteiger charge is 2.23. The van der Waals surface area contributed by atoms with Crippen LogP contribution in [0.25, 0.3) is 0 Å². The normalized spacial score (nSPS) is 26.3. The van der Waals surface area contributed by atoms with E-state index in [2.05, 4.69) is 15.2 Å². The number of guanidine groups is 1. The van der Waals surface area contributed by atoms with Crippen LogP contribution >= 0.6 is 0 Å². The van der Waals surface area contributed by atoms with Crippen molar-refractivity contribution in [3.05, 3.63) is 0 Å². The number of nitrogens with zero attached hydrogens (tertiary/aromatic N) is 2. The number of piperidine rings is 1. The summed E-state index contributed by atoms with van der Waals surface area (Å²) in [7, 11) is 1.91. The molecule has 1 N–H and O–H groups in total. The Hall–Kier alpha value is -0.810. The third kappa shape index (κ3) is 7.26. The summed E-state index contributed by atoms with van der Waals surface area (Å²) in [6, 6.07) is 0. The fraction of sp³-hybridized carbons (Fsp3) is 0.955. The van der Waals surface area contributed by atoms with E-state index >= 15 is 0 Å². The summed E-state index contributed by atoms with van der Waals surface area (Å²) in [5, 5.41) is 3.59. The summed E-state index contributed by atoms with van der Waals surface area (Å²) in [5.74, 6) is 2.05. The second kappa shape index (κ2) is 11.9. The Labute approximate surface area is 166 Å². The van der Waals surface area contributed by atoms with E-state index in [1.54, 1.807) is 0 Å². The standard InChI is InChI=1S/C22H41N3O2/c1-23-22(24-14-7-10-19-8-3-2-4-9-19)25-15-12-20(13-16-25)27-18-21-11-5-6-17-26-21/h19-21H,2-18H2,1H3,(H,23,24). The number of nitrogens with one attached hydrogen (secondary N) is 1. The van der Waals surface area contributed by atoms with Crippen molar-refractivity contribution in [2.45, 2.75) is 89.3 Å². The van der Waals surface area contributed by atoms with Crippen LogP contribution in [-0.2, 0) is 9.47 Å². The van der Waals surface area contributed by atoms with Gasteiger partial charge in [0.15, 0.2) is 5.96 Å². The molecular formula is C22H41N3O2. The first-order valence-electron chi connectivity index (χ1n) is 11.5. The molecule has 2 aliphatic heterocycles. The van der Waals surface area contributed by atoms with Gasteiger partial charge in [-0.05, 0) is 50.9 Å². The molecule has 3 aliphatic rings. The van der Waals surface area contributed by atoms with Crippen LogP contribution in [-0.4, -0.2) is 63.0 Å². The van der Waals surface area contributed by atoms with Gasteiger partial charge in [0.25, 0.3) is 0 Å². The molecule has 0 aromatic heterocycles. The minimum absolute atomic E-state index is 0.329. The summed E-state index contributed by atoms with van der Waals surface area (Å²) in [6.07, 6.45) is 16.5. The maximum absolute atomic E-state index is 6.14. The van der Waals surface area contributed by atoms with Gasteiger partial charge in [-0.25, -0.2) is 0 Å². The predicted molar refractivity (Wildman–Crippen MR) is 111 cm³/mol. The van der Waals surface area contributed by atoms with Crippen LogP contribution in [0.15, 0.2) is 4.99 Å². The third-order valence-corrected chi connectivity index (χ3v) is 6.54. The van der Waals surface area contributed by atoms with Gasteiger partial charge in [-0.15, -0.1) is 0 Å². The minimum Gasteiger partial charge on any atom is -0.376 e. The topological polar surface area (TPSA) is 46.1 Å². The molecule has 2 saturated heterocycles. The van der Waals surface area contributed by atoms with Crippen molar-refractivity contribution in [2.24, 2.45) is 10.9 Å².